The molecule has 0 aromatic carbocycles. The minimum absolute atomic E-state index is 0.227. The highest BCUT2D eigenvalue weighted by Crippen LogP contribution is 1.98. The van der Waals surface area contributed by atoms with Crippen molar-refractivity contribution in [2.24, 2.45) is 7.05 Å². The zero-order valence-corrected chi connectivity index (χ0v) is 8.77. The molecule has 0 radical (unpaired) electrons. The lowest BCUT2D eigenvalue weighted by atomic mass is 10.1. The highest BCUT2D eigenvalue weighted by Gasteiger charge is 2.06. The minimum atomic E-state index is 0.227. The maximum Gasteiger partial charge on any atom is 0.140 e. The van der Waals surface area contributed by atoms with E-state index in [1.165, 1.54) is 0 Å². The molecule has 0 bridgehead atoms. The van der Waals surface area contributed by atoms with Crippen LogP contribution in [0.1, 0.15) is 25.6 Å². The summed E-state index contributed by atoms with van der Waals surface area (Å²) in [6.45, 7) is 3.03. The second-order valence-electron chi connectivity index (χ2n) is 3.30. The van der Waals surface area contributed by atoms with Crippen LogP contribution in [-0.2, 0) is 13.6 Å². The lowest BCUT2D eigenvalue weighted by Gasteiger charge is -2.14. The Balaban J connectivity index is 2.35. The largest absolute Gasteiger partial charge is 0.396 e. The highest BCUT2D eigenvalue weighted by atomic mass is 16.3. The van der Waals surface area contributed by atoms with Crippen LogP contribution in [0.2, 0.25) is 0 Å². The molecule has 1 heterocycles. The van der Waals surface area contributed by atoms with Crippen LogP contribution in [0.4, 0.5) is 0 Å². The van der Waals surface area contributed by atoms with Crippen LogP contribution in [0.3, 0.4) is 0 Å². The van der Waals surface area contributed by atoms with E-state index < -0.39 is 0 Å². The third kappa shape index (κ3) is 3.08. The zero-order chi connectivity index (χ0) is 10.4. The lowest BCUT2D eigenvalue weighted by molar-refractivity contribution is 0.261. The number of nitrogens with one attached hydrogen (secondary N) is 1. The van der Waals surface area contributed by atoms with Gasteiger partial charge in [-0.1, -0.05) is 6.92 Å². The van der Waals surface area contributed by atoms with Crippen molar-refractivity contribution >= 4 is 0 Å². The molecule has 80 valence electrons. The number of aromatic nitrogens is 3. The molecule has 0 saturated carbocycles. The van der Waals surface area contributed by atoms with Crippen LogP contribution in [0, 0.1) is 0 Å². The van der Waals surface area contributed by atoms with Gasteiger partial charge in [0.15, 0.2) is 0 Å². The van der Waals surface area contributed by atoms with Gasteiger partial charge in [0.25, 0.3) is 0 Å². The number of aryl methyl sites for hydroxylation is 1. The first kappa shape index (κ1) is 11.1. The van der Waals surface area contributed by atoms with Gasteiger partial charge in [-0.2, -0.15) is 5.10 Å². The molecule has 1 unspecified atom stereocenters. The fraction of sp³-hybridized carbons (Fsp3) is 0.778. The molecule has 0 spiro atoms. The Morgan fingerprint density at radius 3 is 2.93 bits per heavy atom. The van der Waals surface area contributed by atoms with E-state index in [1.807, 2.05) is 7.05 Å². The summed E-state index contributed by atoms with van der Waals surface area (Å²) in [6.07, 6.45) is 3.34. The zero-order valence-electron chi connectivity index (χ0n) is 8.77. The molecule has 1 aromatic rings. The first-order chi connectivity index (χ1) is 6.77. The first-order valence-corrected chi connectivity index (χ1v) is 4.95. The van der Waals surface area contributed by atoms with Crippen molar-refractivity contribution in [3.05, 3.63) is 12.2 Å². The average molecular weight is 198 g/mol. The van der Waals surface area contributed by atoms with Gasteiger partial charge in [0.2, 0.25) is 0 Å². The van der Waals surface area contributed by atoms with Crippen molar-refractivity contribution in [3.8, 4) is 0 Å². The SMILES string of the molecule is CCC(CCO)NCc1ncnn1C. The topological polar surface area (TPSA) is 63.0 Å². The molecule has 0 aliphatic carbocycles. The molecule has 1 atom stereocenters. The normalized spacial score (nSPS) is 13.1. The van der Waals surface area contributed by atoms with Crippen LogP contribution in [-0.4, -0.2) is 32.5 Å². The van der Waals surface area contributed by atoms with Gasteiger partial charge < -0.3 is 10.4 Å². The van der Waals surface area contributed by atoms with Crippen LogP contribution in [0.25, 0.3) is 0 Å². The van der Waals surface area contributed by atoms with Gasteiger partial charge in [0, 0.05) is 19.7 Å². The molecule has 0 amide bonds. The molecular formula is C9H18N4O. The van der Waals surface area contributed by atoms with E-state index in [-0.39, 0.29) is 6.61 Å². The van der Waals surface area contributed by atoms with Crippen molar-refractivity contribution in [2.45, 2.75) is 32.4 Å². The van der Waals surface area contributed by atoms with Crippen molar-refractivity contribution < 1.29 is 5.11 Å². The van der Waals surface area contributed by atoms with Gasteiger partial charge in [0.1, 0.15) is 12.2 Å². The first-order valence-electron chi connectivity index (χ1n) is 4.95. The van der Waals surface area contributed by atoms with E-state index in [1.54, 1.807) is 11.0 Å². The number of hydrogen-bond donors (Lipinski definition) is 2. The summed E-state index contributed by atoms with van der Waals surface area (Å²) >= 11 is 0. The van der Waals surface area contributed by atoms with Crippen molar-refractivity contribution in [1.82, 2.24) is 20.1 Å². The molecule has 0 saturated heterocycles. The van der Waals surface area contributed by atoms with Gasteiger partial charge in [-0.25, -0.2) is 4.98 Å². The van der Waals surface area contributed by atoms with Gasteiger partial charge in [-0.15, -0.1) is 0 Å². The van der Waals surface area contributed by atoms with E-state index in [2.05, 4.69) is 22.3 Å². The van der Waals surface area contributed by atoms with Crippen LogP contribution >= 0.6 is 0 Å². The average Bonchev–Trinajstić information content (AvgIpc) is 2.59. The third-order valence-electron chi connectivity index (χ3n) is 2.32. The Hall–Kier alpha value is -0.940. The van der Waals surface area contributed by atoms with Gasteiger partial charge in [-0.3, -0.25) is 4.68 Å². The predicted octanol–water partition coefficient (Wildman–Crippen LogP) is 0.0657. The molecule has 2 N–H and O–H groups in total. The Morgan fingerprint density at radius 2 is 2.43 bits per heavy atom. The Kier molecular flexibility index (Phi) is 4.55. The maximum absolute atomic E-state index is 8.81. The standard InChI is InChI=1S/C9H18N4O/c1-3-8(4-5-14)10-6-9-11-7-12-13(9)2/h7-8,10,14H,3-6H2,1-2H3. The van der Waals surface area contributed by atoms with E-state index in [4.69, 9.17) is 5.11 Å². The molecule has 0 aliphatic heterocycles. The molecule has 0 aliphatic rings. The monoisotopic (exact) mass is 198 g/mol. The smallest absolute Gasteiger partial charge is 0.140 e. The van der Waals surface area contributed by atoms with E-state index in [9.17, 15) is 0 Å². The van der Waals surface area contributed by atoms with Crippen LogP contribution in [0.15, 0.2) is 6.33 Å². The quantitative estimate of drug-likeness (QED) is 0.679. The van der Waals surface area contributed by atoms with Gasteiger partial charge in [0.05, 0.1) is 6.54 Å². The Labute approximate surface area is 84.2 Å². The second-order valence-corrected chi connectivity index (χ2v) is 3.30. The Morgan fingerprint density at radius 1 is 1.64 bits per heavy atom. The fourth-order valence-corrected chi connectivity index (χ4v) is 1.32. The summed E-state index contributed by atoms with van der Waals surface area (Å²) in [5.41, 5.74) is 0. The van der Waals surface area contributed by atoms with Crippen LogP contribution < -0.4 is 5.32 Å². The molecule has 5 nitrogen and oxygen atoms in total. The number of aliphatic hydroxyl groups is 1. The maximum atomic E-state index is 8.81. The third-order valence-corrected chi connectivity index (χ3v) is 2.32. The molecular weight excluding hydrogens is 180 g/mol. The van der Waals surface area contributed by atoms with Crippen molar-refractivity contribution in [1.29, 1.82) is 0 Å². The summed E-state index contributed by atoms with van der Waals surface area (Å²) in [5.74, 6) is 0.918. The van der Waals surface area contributed by atoms with E-state index in [0.29, 0.717) is 12.6 Å². The van der Waals surface area contributed by atoms with Crippen molar-refractivity contribution in [2.75, 3.05) is 6.61 Å². The summed E-state index contributed by atoms with van der Waals surface area (Å²) < 4.78 is 1.75. The summed E-state index contributed by atoms with van der Waals surface area (Å²) in [4.78, 5) is 4.11. The second kappa shape index (κ2) is 5.72. The number of hydrogen-bond acceptors (Lipinski definition) is 4. The molecule has 14 heavy (non-hydrogen) atoms. The molecule has 5 heteroatoms. The molecule has 0 fully saturated rings. The summed E-state index contributed by atoms with van der Waals surface area (Å²) in [5, 5.41) is 16.1. The minimum Gasteiger partial charge on any atom is -0.396 e. The molecule has 1 rings (SSSR count). The lowest BCUT2D eigenvalue weighted by Crippen LogP contribution is -2.29. The number of nitrogens with zero attached hydrogens (tertiary/aromatic N) is 3. The van der Waals surface area contributed by atoms with Gasteiger partial charge >= 0.3 is 0 Å². The number of rotatable bonds is 6. The van der Waals surface area contributed by atoms with Crippen LogP contribution in [0.5, 0.6) is 0 Å². The van der Waals surface area contributed by atoms with Crippen molar-refractivity contribution in [3.63, 3.8) is 0 Å². The number of aliphatic hydroxyl groups excluding tert-OH is 1. The summed E-state index contributed by atoms with van der Waals surface area (Å²) in [7, 11) is 1.87. The fourth-order valence-electron chi connectivity index (χ4n) is 1.32. The Bertz CT molecular complexity index is 261. The summed E-state index contributed by atoms with van der Waals surface area (Å²) in [6, 6.07) is 0.358. The van der Waals surface area contributed by atoms with E-state index in [0.717, 1.165) is 18.7 Å². The van der Waals surface area contributed by atoms with E-state index >= 15 is 0 Å². The predicted molar refractivity (Wildman–Crippen MR) is 53.6 cm³/mol. The van der Waals surface area contributed by atoms with Gasteiger partial charge in [-0.05, 0) is 12.8 Å². The highest BCUT2D eigenvalue weighted by molar-refractivity contribution is 4.83. The molecule has 1 aromatic heterocycles.